The fourth-order valence-corrected chi connectivity index (χ4v) is 1.80. The standard InChI is InChI=1S/C12H14N2O3/c15-5-4-9-2-1-3-10(6-9)14-8-11(16)13-7-12(14)17/h1-3,6,15H,4-5,7-8H2,(H,13,16). The number of hydrogen-bond acceptors (Lipinski definition) is 3. The first kappa shape index (κ1) is 11.6. The van der Waals surface area contributed by atoms with Gasteiger partial charge in [0.25, 0.3) is 0 Å². The zero-order chi connectivity index (χ0) is 12.3. The molecular weight excluding hydrogens is 220 g/mol. The zero-order valence-corrected chi connectivity index (χ0v) is 9.35. The van der Waals surface area contributed by atoms with Gasteiger partial charge < -0.3 is 15.3 Å². The Bertz CT molecular complexity index is 445. The SMILES string of the molecule is O=C1CN(c2cccc(CCO)c2)C(=O)CN1. The molecule has 1 heterocycles. The largest absolute Gasteiger partial charge is 0.396 e. The maximum absolute atomic E-state index is 11.7. The van der Waals surface area contributed by atoms with E-state index >= 15 is 0 Å². The number of benzene rings is 1. The first-order valence-corrected chi connectivity index (χ1v) is 5.47. The van der Waals surface area contributed by atoms with Crippen molar-refractivity contribution in [1.29, 1.82) is 0 Å². The van der Waals surface area contributed by atoms with Crippen LogP contribution < -0.4 is 10.2 Å². The smallest absolute Gasteiger partial charge is 0.246 e. The van der Waals surface area contributed by atoms with E-state index in [1.165, 1.54) is 4.90 Å². The summed E-state index contributed by atoms with van der Waals surface area (Å²) >= 11 is 0. The lowest BCUT2D eigenvalue weighted by Gasteiger charge is -2.26. The lowest BCUT2D eigenvalue weighted by Crippen LogP contribution is -2.51. The number of amides is 2. The number of nitrogens with one attached hydrogen (secondary N) is 1. The van der Waals surface area contributed by atoms with Crippen LogP contribution in [0, 0.1) is 0 Å². The molecule has 0 aliphatic carbocycles. The van der Waals surface area contributed by atoms with Crippen molar-refractivity contribution in [2.75, 3.05) is 24.6 Å². The summed E-state index contributed by atoms with van der Waals surface area (Å²) in [6.45, 7) is 0.169. The number of hydrogen-bond donors (Lipinski definition) is 2. The summed E-state index contributed by atoms with van der Waals surface area (Å²) in [6, 6.07) is 7.32. The van der Waals surface area contributed by atoms with E-state index in [0.717, 1.165) is 5.56 Å². The predicted octanol–water partition coefficient (Wildman–Crippen LogP) is -0.316. The Labute approximate surface area is 99.0 Å². The van der Waals surface area contributed by atoms with E-state index in [2.05, 4.69) is 5.32 Å². The Kier molecular flexibility index (Phi) is 3.39. The van der Waals surface area contributed by atoms with Crippen molar-refractivity contribution in [2.24, 2.45) is 0 Å². The van der Waals surface area contributed by atoms with Gasteiger partial charge in [-0.15, -0.1) is 0 Å². The van der Waals surface area contributed by atoms with Gasteiger partial charge in [-0.3, -0.25) is 9.59 Å². The highest BCUT2D eigenvalue weighted by atomic mass is 16.3. The summed E-state index contributed by atoms with van der Waals surface area (Å²) in [5.74, 6) is -0.275. The molecule has 5 nitrogen and oxygen atoms in total. The van der Waals surface area contributed by atoms with Gasteiger partial charge in [0.2, 0.25) is 11.8 Å². The predicted molar refractivity (Wildman–Crippen MR) is 62.6 cm³/mol. The fourth-order valence-electron chi connectivity index (χ4n) is 1.80. The average Bonchev–Trinajstić information content (AvgIpc) is 2.33. The molecule has 2 N–H and O–H groups in total. The van der Waals surface area contributed by atoms with Gasteiger partial charge in [0.05, 0.1) is 6.54 Å². The Hall–Kier alpha value is -1.88. The van der Waals surface area contributed by atoms with E-state index in [0.29, 0.717) is 12.1 Å². The molecule has 2 amide bonds. The van der Waals surface area contributed by atoms with Crippen LogP contribution in [0.3, 0.4) is 0 Å². The van der Waals surface area contributed by atoms with Crippen LogP contribution in [0.15, 0.2) is 24.3 Å². The summed E-state index contributed by atoms with van der Waals surface area (Å²) in [6.07, 6.45) is 0.544. The minimum atomic E-state index is -0.155. The van der Waals surface area contributed by atoms with E-state index < -0.39 is 0 Å². The second-order valence-corrected chi connectivity index (χ2v) is 3.90. The molecule has 1 aromatic rings. The van der Waals surface area contributed by atoms with Gasteiger partial charge in [0.15, 0.2) is 0 Å². The van der Waals surface area contributed by atoms with Crippen LogP contribution in [-0.4, -0.2) is 36.6 Å². The number of rotatable bonds is 3. The quantitative estimate of drug-likeness (QED) is 0.753. The number of piperazine rings is 1. The first-order valence-electron chi connectivity index (χ1n) is 5.47. The zero-order valence-electron chi connectivity index (χ0n) is 9.35. The highest BCUT2D eigenvalue weighted by molar-refractivity contribution is 6.04. The molecule has 2 rings (SSSR count). The molecule has 0 spiro atoms. The second-order valence-electron chi connectivity index (χ2n) is 3.90. The number of carbonyl (C=O) groups is 2. The molecule has 1 aromatic carbocycles. The van der Waals surface area contributed by atoms with Crippen LogP contribution in [0.2, 0.25) is 0 Å². The van der Waals surface area contributed by atoms with E-state index in [9.17, 15) is 9.59 Å². The topological polar surface area (TPSA) is 69.6 Å². The van der Waals surface area contributed by atoms with E-state index in [1.807, 2.05) is 18.2 Å². The van der Waals surface area contributed by atoms with E-state index in [4.69, 9.17) is 5.11 Å². The number of nitrogens with zero attached hydrogens (tertiary/aromatic N) is 1. The van der Waals surface area contributed by atoms with Gasteiger partial charge in [-0.25, -0.2) is 0 Å². The molecule has 0 aromatic heterocycles. The van der Waals surface area contributed by atoms with Crippen LogP contribution in [0.1, 0.15) is 5.56 Å². The summed E-state index contributed by atoms with van der Waals surface area (Å²) in [7, 11) is 0. The first-order chi connectivity index (χ1) is 8.20. The average molecular weight is 234 g/mol. The molecule has 1 aliphatic rings. The molecule has 90 valence electrons. The van der Waals surface area contributed by atoms with Crippen molar-refractivity contribution in [3.8, 4) is 0 Å². The van der Waals surface area contributed by atoms with Crippen molar-refractivity contribution in [2.45, 2.75) is 6.42 Å². The Morgan fingerprint density at radius 1 is 1.35 bits per heavy atom. The highest BCUT2D eigenvalue weighted by Crippen LogP contribution is 2.17. The van der Waals surface area contributed by atoms with Crippen LogP contribution in [-0.2, 0) is 16.0 Å². The summed E-state index contributed by atoms with van der Waals surface area (Å²) in [4.78, 5) is 24.4. The Morgan fingerprint density at radius 2 is 2.18 bits per heavy atom. The van der Waals surface area contributed by atoms with E-state index in [-0.39, 0.29) is 31.5 Å². The summed E-state index contributed by atoms with van der Waals surface area (Å²) < 4.78 is 0. The molecule has 0 bridgehead atoms. The highest BCUT2D eigenvalue weighted by Gasteiger charge is 2.24. The Balaban J connectivity index is 2.22. The Morgan fingerprint density at radius 3 is 2.94 bits per heavy atom. The van der Waals surface area contributed by atoms with Crippen LogP contribution in [0.25, 0.3) is 0 Å². The summed E-state index contributed by atoms with van der Waals surface area (Å²) in [5.41, 5.74) is 1.65. The fraction of sp³-hybridized carbons (Fsp3) is 0.333. The normalized spacial score (nSPS) is 15.9. The molecule has 0 saturated carbocycles. The molecule has 0 radical (unpaired) electrons. The number of anilines is 1. The van der Waals surface area contributed by atoms with Gasteiger partial charge >= 0.3 is 0 Å². The van der Waals surface area contributed by atoms with Crippen molar-refractivity contribution in [1.82, 2.24) is 5.32 Å². The van der Waals surface area contributed by atoms with Crippen molar-refractivity contribution < 1.29 is 14.7 Å². The second kappa shape index (κ2) is 4.97. The molecule has 1 fully saturated rings. The maximum atomic E-state index is 11.7. The van der Waals surface area contributed by atoms with Crippen molar-refractivity contribution >= 4 is 17.5 Å². The van der Waals surface area contributed by atoms with Gasteiger partial charge in [-0.05, 0) is 24.1 Å². The third kappa shape index (κ3) is 2.62. The molecule has 1 aliphatic heterocycles. The van der Waals surface area contributed by atoms with Crippen molar-refractivity contribution in [3.63, 3.8) is 0 Å². The number of carbonyl (C=O) groups excluding carboxylic acids is 2. The lowest BCUT2D eigenvalue weighted by atomic mass is 10.1. The molecule has 0 unspecified atom stereocenters. The third-order valence-corrected chi connectivity index (χ3v) is 2.66. The molecule has 5 heteroatoms. The molecule has 0 atom stereocenters. The molecule has 1 saturated heterocycles. The molecule has 17 heavy (non-hydrogen) atoms. The van der Waals surface area contributed by atoms with Crippen molar-refractivity contribution in [3.05, 3.63) is 29.8 Å². The third-order valence-electron chi connectivity index (χ3n) is 2.66. The minimum Gasteiger partial charge on any atom is -0.396 e. The summed E-state index contributed by atoms with van der Waals surface area (Å²) in [5, 5.41) is 11.4. The molecular formula is C12H14N2O3. The minimum absolute atomic E-state index is 0.0447. The van der Waals surface area contributed by atoms with Crippen LogP contribution in [0.4, 0.5) is 5.69 Å². The van der Waals surface area contributed by atoms with Crippen LogP contribution >= 0.6 is 0 Å². The van der Waals surface area contributed by atoms with Gasteiger partial charge in [-0.1, -0.05) is 12.1 Å². The lowest BCUT2D eigenvalue weighted by molar-refractivity contribution is -0.128. The number of aliphatic hydroxyl groups excluding tert-OH is 1. The van der Waals surface area contributed by atoms with Gasteiger partial charge in [-0.2, -0.15) is 0 Å². The van der Waals surface area contributed by atoms with Crippen LogP contribution in [0.5, 0.6) is 0 Å². The monoisotopic (exact) mass is 234 g/mol. The van der Waals surface area contributed by atoms with Gasteiger partial charge in [0.1, 0.15) is 6.54 Å². The maximum Gasteiger partial charge on any atom is 0.246 e. The van der Waals surface area contributed by atoms with Gasteiger partial charge in [0, 0.05) is 12.3 Å². The van der Waals surface area contributed by atoms with E-state index in [1.54, 1.807) is 6.07 Å². The number of aliphatic hydroxyl groups is 1.